The molecule has 1 saturated heterocycles. The fourth-order valence-corrected chi connectivity index (χ4v) is 6.34. The Bertz CT molecular complexity index is 580. The van der Waals surface area contributed by atoms with Crippen molar-refractivity contribution in [2.24, 2.45) is 0 Å². The number of sulfonamides is 1. The molecule has 0 aromatic carbocycles. The second kappa shape index (κ2) is 7.06. The minimum atomic E-state index is -3.52. The first-order valence-electron chi connectivity index (χ1n) is 6.97. The lowest BCUT2D eigenvalue weighted by atomic mass is 9.94. The Morgan fingerprint density at radius 1 is 1.43 bits per heavy atom. The molecular formula is C13H21BrN2O3S2. The fourth-order valence-electron chi connectivity index (χ4n) is 2.22. The van der Waals surface area contributed by atoms with E-state index in [0.29, 0.717) is 41.3 Å². The Morgan fingerprint density at radius 3 is 2.71 bits per heavy atom. The van der Waals surface area contributed by atoms with Gasteiger partial charge in [0.15, 0.2) is 0 Å². The van der Waals surface area contributed by atoms with E-state index in [1.807, 2.05) is 13.8 Å². The van der Waals surface area contributed by atoms with Crippen LogP contribution in [0.3, 0.4) is 0 Å². The molecule has 0 bridgehead atoms. The first kappa shape index (κ1) is 17.4. The largest absolute Gasteiger partial charge is 0.381 e. The molecule has 2 rings (SSSR count). The van der Waals surface area contributed by atoms with Crippen molar-refractivity contribution in [3.8, 4) is 0 Å². The van der Waals surface area contributed by atoms with Crippen LogP contribution in [-0.4, -0.2) is 33.7 Å². The van der Waals surface area contributed by atoms with E-state index >= 15 is 0 Å². The first-order chi connectivity index (χ1) is 9.86. The molecule has 8 heteroatoms. The zero-order chi connectivity index (χ0) is 15.5. The Labute approximate surface area is 138 Å². The molecule has 5 nitrogen and oxygen atoms in total. The molecule has 2 N–H and O–H groups in total. The molecule has 120 valence electrons. The van der Waals surface area contributed by atoms with Crippen molar-refractivity contribution in [2.45, 2.75) is 43.7 Å². The molecule has 1 fully saturated rings. The average Bonchev–Trinajstić information content (AvgIpc) is 2.78. The highest BCUT2D eigenvalue weighted by atomic mass is 79.9. The normalized spacial score (nSPS) is 18.8. The highest BCUT2D eigenvalue weighted by molar-refractivity contribution is 9.11. The van der Waals surface area contributed by atoms with Gasteiger partial charge in [-0.2, -0.15) is 0 Å². The SMILES string of the molecule is CCNCc1cc(S(=O)(=O)NC2(C)CCOCC2)c(Br)s1. The minimum Gasteiger partial charge on any atom is -0.381 e. The summed E-state index contributed by atoms with van der Waals surface area (Å²) < 4.78 is 34.0. The Morgan fingerprint density at radius 2 is 2.10 bits per heavy atom. The molecule has 0 amide bonds. The molecule has 0 radical (unpaired) electrons. The third-order valence-electron chi connectivity index (χ3n) is 3.52. The second-order valence-electron chi connectivity index (χ2n) is 5.41. The van der Waals surface area contributed by atoms with Crippen LogP contribution in [0.25, 0.3) is 0 Å². The van der Waals surface area contributed by atoms with Crippen LogP contribution >= 0.6 is 27.3 Å². The van der Waals surface area contributed by atoms with Crippen molar-refractivity contribution in [1.82, 2.24) is 10.0 Å². The Kier molecular flexibility index (Phi) is 5.84. The van der Waals surface area contributed by atoms with Gasteiger partial charge in [0.25, 0.3) is 0 Å². The lowest BCUT2D eigenvalue weighted by Gasteiger charge is -2.33. The van der Waals surface area contributed by atoms with Crippen molar-refractivity contribution in [3.05, 3.63) is 14.7 Å². The van der Waals surface area contributed by atoms with Gasteiger partial charge >= 0.3 is 0 Å². The number of hydrogen-bond acceptors (Lipinski definition) is 5. The molecule has 1 aromatic heterocycles. The van der Waals surface area contributed by atoms with Gasteiger partial charge < -0.3 is 10.1 Å². The fraction of sp³-hybridized carbons (Fsp3) is 0.692. The van der Waals surface area contributed by atoms with Gasteiger partial charge in [-0.1, -0.05) is 6.92 Å². The number of rotatable bonds is 6. The summed E-state index contributed by atoms with van der Waals surface area (Å²) in [6.45, 7) is 6.68. The molecule has 0 aliphatic carbocycles. The molecular weight excluding hydrogens is 376 g/mol. The standard InChI is InChI=1S/C13H21BrN2O3S2/c1-3-15-9-10-8-11(12(14)20-10)21(17,18)16-13(2)4-6-19-7-5-13/h8,15-16H,3-7,9H2,1-2H3. The third-order valence-corrected chi connectivity index (χ3v) is 7.41. The first-order valence-corrected chi connectivity index (χ1v) is 10.1. The monoisotopic (exact) mass is 396 g/mol. The quantitative estimate of drug-likeness (QED) is 0.774. The molecule has 1 aliphatic rings. The van der Waals surface area contributed by atoms with Crippen LogP contribution in [0.15, 0.2) is 14.7 Å². The highest BCUT2D eigenvalue weighted by Gasteiger charge is 2.34. The van der Waals surface area contributed by atoms with E-state index < -0.39 is 15.6 Å². The van der Waals surface area contributed by atoms with E-state index in [9.17, 15) is 8.42 Å². The van der Waals surface area contributed by atoms with Gasteiger partial charge in [-0.3, -0.25) is 0 Å². The van der Waals surface area contributed by atoms with E-state index in [1.54, 1.807) is 6.07 Å². The molecule has 1 aromatic rings. The van der Waals surface area contributed by atoms with Crippen molar-refractivity contribution in [3.63, 3.8) is 0 Å². The average molecular weight is 397 g/mol. The summed E-state index contributed by atoms with van der Waals surface area (Å²) in [6, 6.07) is 1.74. The van der Waals surface area contributed by atoms with E-state index in [-0.39, 0.29) is 0 Å². The van der Waals surface area contributed by atoms with Gasteiger partial charge in [0.1, 0.15) is 4.90 Å². The van der Waals surface area contributed by atoms with Gasteiger partial charge in [-0.15, -0.1) is 11.3 Å². The van der Waals surface area contributed by atoms with Crippen LogP contribution in [-0.2, 0) is 21.3 Å². The lowest BCUT2D eigenvalue weighted by Crippen LogP contribution is -2.49. The van der Waals surface area contributed by atoms with Gasteiger partial charge in [-0.05, 0) is 48.3 Å². The summed E-state index contributed by atoms with van der Waals surface area (Å²) >= 11 is 4.83. The van der Waals surface area contributed by atoms with Gasteiger partial charge in [0, 0.05) is 30.2 Å². The zero-order valence-corrected chi connectivity index (χ0v) is 15.5. The summed E-state index contributed by atoms with van der Waals surface area (Å²) in [7, 11) is -3.52. The van der Waals surface area contributed by atoms with Gasteiger partial charge in [-0.25, -0.2) is 13.1 Å². The zero-order valence-electron chi connectivity index (χ0n) is 12.2. The predicted octanol–water partition coefficient (Wildman–Crippen LogP) is 2.47. The molecule has 21 heavy (non-hydrogen) atoms. The Hall–Kier alpha value is 0.01000. The van der Waals surface area contributed by atoms with E-state index in [0.717, 1.165) is 11.4 Å². The number of hydrogen-bond donors (Lipinski definition) is 2. The van der Waals surface area contributed by atoms with Crippen molar-refractivity contribution in [2.75, 3.05) is 19.8 Å². The van der Waals surface area contributed by atoms with Crippen molar-refractivity contribution in [1.29, 1.82) is 0 Å². The number of nitrogens with one attached hydrogen (secondary N) is 2. The van der Waals surface area contributed by atoms with Crippen LogP contribution in [0.4, 0.5) is 0 Å². The molecule has 0 spiro atoms. The summed E-state index contributed by atoms with van der Waals surface area (Å²) in [5.74, 6) is 0. The number of ether oxygens (including phenoxy) is 1. The topological polar surface area (TPSA) is 67.4 Å². The lowest BCUT2D eigenvalue weighted by molar-refractivity contribution is 0.0537. The van der Waals surface area contributed by atoms with Crippen LogP contribution in [0, 0.1) is 0 Å². The second-order valence-corrected chi connectivity index (χ2v) is 9.52. The molecule has 0 saturated carbocycles. The molecule has 2 heterocycles. The van der Waals surface area contributed by atoms with Gasteiger partial charge in [0.05, 0.1) is 3.79 Å². The minimum absolute atomic E-state index is 0.327. The summed E-state index contributed by atoms with van der Waals surface area (Å²) in [5, 5.41) is 3.20. The smallest absolute Gasteiger partial charge is 0.243 e. The number of halogens is 1. The summed E-state index contributed by atoms with van der Waals surface area (Å²) in [5.41, 5.74) is -0.430. The maximum atomic E-state index is 12.6. The van der Waals surface area contributed by atoms with Crippen LogP contribution in [0.5, 0.6) is 0 Å². The predicted molar refractivity (Wildman–Crippen MR) is 88.2 cm³/mol. The van der Waals surface area contributed by atoms with Crippen LogP contribution in [0.1, 0.15) is 31.6 Å². The van der Waals surface area contributed by atoms with E-state index in [1.165, 1.54) is 11.3 Å². The van der Waals surface area contributed by atoms with Crippen molar-refractivity contribution < 1.29 is 13.2 Å². The van der Waals surface area contributed by atoms with Crippen LogP contribution < -0.4 is 10.0 Å². The molecule has 0 atom stereocenters. The Balaban J connectivity index is 2.17. The maximum absolute atomic E-state index is 12.6. The van der Waals surface area contributed by atoms with E-state index in [2.05, 4.69) is 26.0 Å². The molecule has 1 aliphatic heterocycles. The third kappa shape index (κ3) is 4.49. The van der Waals surface area contributed by atoms with Crippen LogP contribution in [0.2, 0.25) is 0 Å². The maximum Gasteiger partial charge on any atom is 0.243 e. The van der Waals surface area contributed by atoms with E-state index in [4.69, 9.17) is 4.74 Å². The van der Waals surface area contributed by atoms with Crippen molar-refractivity contribution >= 4 is 37.3 Å². The number of thiophene rings is 1. The molecule has 0 unspecified atom stereocenters. The van der Waals surface area contributed by atoms with Gasteiger partial charge in [0.2, 0.25) is 10.0 Å². The summed E-state index contributed by atoms with van der Waals surface area (Å²) in [6.07, 6.45) is 1.39. The summed E-state index contributed by atoms with van der Waals surface area (Å²) in [4.78, 5) is 1.33. The highest BCUT2D eigenvalue weighted by Crippen LogP contribution is 2.33.